The van der Waals surface area contributed by atoms with E-state index >= 15 is 0 Å². The highest BCUT2D eigenvalue weighted by Crippen LogP contribution is 2.31. The Morgan fingerprint density at radius 1 is 1.00 bits per heavy atom. The SMILES string of the molecule is O=C(O)Cn1cc(-c2cnc3ccc(-c4c[nH]nc4-c4ccc(F)c(F)c4)nc3c2)cn1. The lowest BCUT2D eigenvalue weighted by Crippen LogP contribution is -2.08. The molecule has 0 atom stereocenters. The summed E-state index contributed by atoms with van der Waals surface area (Å²) in [6, 6.07) is 8.99. The fraction of sp³-hybridized carbons (Fsp3) is 0.0455. The predicted molar refractivity (Wildman–Crippen MR) is 111 cm³/mol. The molecule has 4 heterocycles. The van der Waals surface area contributed by atoms with Gasteiger partial charge in [0.15, 0.2) is 11.6 Å². The van der Waals surface area contributed by atoms with Gasteiger partial charge in [-0.05, 0) is 36.4 Å². The molecule has 0 aliphatic carbocycles. The predicted octanol–water partition coefficient (Wildman–Crippen LogP) is 3.91. The number of nitrogens with one attached hydrogen (secondary N) is 1. The molecule has 0 aliphatic heterocycles. The molecule has 0 saturated carbocycles. The number of hydrogen-bond donors (Lipinski definition) is 2. The molecule has 0 unspecified atom stereocenters. The second kappa shape index (κ2) is 7.65. The molecule has 158 valence electrons. The highest BCUT2D eigenvalue weighted by molar-refractivity contribution is 5.85. The third-order valence-electron chi connectivity index (χ3n) is 4.91. The average Bonchev–Trinajstić information content (AvgIpc) is 3.44. The summed E-state index contributed by atoms with van der Waals surface area (Å²) in [5.74, 6) is -2.88. The number of fused-ring (bicyclic) bond motifs is 1. The summed E-state index contributed by atoms with van der Waals surface area (Å²) < 4.78 is 28.4. The second-order valence-electron chi connectivity index (χ2n) is 7.06. The van der Waals surface area contributed by atoms with Crippen LogP contribution in [0.1, 0.15) is 0 Å². The number of aliphatic carboxylic acids is 1. The Kier molecular flexibility index (Phi) is 4.66. The zero-order valence-corrected chi connectivity index (χ0v) is 16.3. The van der Waals surface area contributed by atoms with Crippen molar-refractivity contribution in [2.45, 2.75) is 6.54 Å². The number of aromatic amines is 1. The van der Waals surface area contributed by atoms with Gasteiger partial charge in [0.05, 0.1) is 22.9 Å². The first-order valence-corrected chi connectivity index (χ1v) is 9.49. The van der Waals surface area contributed by atoms with Crippen LogP contribution in [0.3, 0.4) is 0 Å². The van der Waals surface area contributed by atoms with E-state index in [0.717, 1.165) is 17.7 Å². The summed E-state index contributed by atoms with van der Waals surface area (Å²) >= 11 is 0. The molecule has 2 N–H and O–H groups in total. The lowest BCUT2D eigenvalue weighted by Gasteiger charge is -2.06. The van der Waals surface area contributed by atoms with E-state index in [2.05, 4.69) is 25.3 Å². The summed E-state index contributed by atoms with van der Waals surface area (Å²) in [6.07, 6.45) is 6.49. The minimum atomic E-state index is -0.987. The second-order valence-corrected chi connectivity index (χ2v) is 7.06. The number of rotatable bonds is 5. The van der Waals surface area contributed by atoms with Crippen molar-refractivity contribution in [2.24, 2.45) is 0 Å². The molecule has 4 aromatic heterocycles. The summed E-state index contributed by atoms with van der Waals surface area (Å²) in [4.78, 5) is 20.0. The summed E-state index contributed by atoms with van der Waals surface area (Å²) in [5, 5.41) is 19.9. The van der Waals surface area contributed by atoms with E-state index in [1.807, 2.05) is 6.07 Å². The number of carboxylic acids is 1. The first-order chi connectivity index (χ1) is 15.5. The standard InChI is InChI=1S/C22H14F2N6O2/c23-16-2-1-12(5-17(16)24)22-15(9-26-29-22)18-3-4-19-20(28-18)6-13(7-25-19)14-8-27-30(10-14)11-21(31)32/h1-10H,11H2,(H,26,29)(H,31,32). The Morgan fingerprint density at radius 2 is 1.88 bits per heavy atom. The van der Waals surface area contributed by atoms with E-state index in [-0.39, 0.29) is 6.54 Å². The van der Waals surface area contributed by atoms with Crippen molar-refractivity contribution in [3.63, 3.8) is 0 Å². The first kappa shape index (κ1) is 19.5. The normalized spacial score (nSPS) is 11.2. The Morgan fingerprint density at radius 3 is 2.69 bits per heavy atom. The quantitative estimate of drug-likeness (QED) is 0.436. The molecule has 1 aromatic carbocycles. The number of aromatic nitrogens is 6. The highest BCUT2D eigenvalue weighted by Gasteiger charge is 2.15. The van der Waals surface area contributed by atoms with Gasteiger partial charge in [0.1, 0.15) is 12.2 Å². The first-order valence-electron chi connectivity index (χ1n) is 9.49. The van der Waals surface area contributed by atoms with Crippen LogP contribution in [0.2, 0.25) is 0 Å². The third kappa shape index (κ3) is 3.58. The largest absolute Gasteiger partial charge is 0.480 e. The number of benzene rings is 1. The molecule has 32 heavy (non-hydrogen) atoms. The van der Waals surface area contributed by atoms with Gasteiger partial charge in [-0.3, -0.25) is 19.6 Å². The molecule has 8 nitrogen and oxygen atoms in total. The minimum absolute atomic E-state index is 0.239. The van der Waals surface area contributed by atoms with E-state index in [0.29, 0.717) is 39.1 Å². The van der Waals surface area contributed by atoms with Gasteiger partial charge in [0.25, 0.3) is 0 Å². The summed E-state index contributed by atoms with van der Waals surface area (Å²) in [7, 11) is 0. The number of carbonyl (C=O) groups is 1. The topological polar surface area (TPSA) is 110 Å². The van der Waals surface area contributed by atoms with Crippen molar-refractivity contribution < 1.29 is 18.7 Å². The van der Waals surface area contributed by atoms with E-state index in [4.69, 9.17) is 5.11 Å². The molecule has 5 rings (SSSR count). The van der Waals surface area contributed by atoms with Gasteiger partial charge in [-0.25, -0.2) is 13.8 Å². The van der Waals surface area contributed by atoms with E-state index in [9.17, 15) is 13.6 Å². The highest BCUT2D eigenvalue weighted by atomic mass is 19.2. The zero-order chi connectivity index (χ0) is 22.2. The Balaban J connectivity index is 1.54. The van der Waals surface area contributed by atoms with Crippen LogP contribution in [0.25, 0.3) is 44.7 Å². The van der Waals surface area contributed by atoms with Crippen molar-refractivity contribution in [3.05, 3.63) is 72.8 Å². The van der Waals surface area contributed by atoms with Crippen LogP contribution in [-0.2, 0) is 11.3 Å². The minimum Gasteiger partial charge on any atom is -0.480 e. The van der Waals surface area contributed by atoms with Crippen molar-refractivity contribution in [3.8, 4) is 33.6 Å². The van der Waals surface area contributed by atoms with Crippen LogP contribution in [-0.4, -0.2) is 41.0 Å². The van der Waals surface area contributed by atoms with Crippen LogP contribution in [0.4, 0.5) is 8.78 Å². The number of pyridine rings is 2. The van der Waals surface area contributed by atoms with E-state index < -0.39 is 17.6 Å². The van der Waals surface area contributed by atoms with Gasteiger partial charge in [0.2, 0.25) is 0 Å². The van der Waals surface area contributed by atoms with Crippen molar-refractivity contribution in [2.75, 3.05) is 0 Å². The van der Waals surface area contributed by atoms with Crippen LogP contribution >= 0.6 is 0 Å². The summed E-state index contributed by atoms with van der Waals surface area (Å²) in [6.45, 7) is -0.239. The third-order valence-corrected chi connectivity index (χ3v) is 4.91. The Labute approximate surface area is 179 Å². The molecule has 0 radical (unpaired) electrons. The average molecular weight is 432 g/mol. The van der Waals surface area contributed by atoms with E-state index in [1.54, 1.807) is 36.9 Å². The van der Waals surface area contributed by atoms with Gasteiger partial charge in [-0.15, -0.1) is 0 Å². The zero-order valence-electron chi connectivity index (χ0n) is 16.3. The van der Waals surface area contributed by atoms with Crippen LogP contribution in [0.15, 0.2) is 61.2 Å². The van der Waals surface area contributed by atoms with Gasteiger partial charge in [-0.2, -0.15) is 10.2 Å². The fourth-order valence-corrected chi connectivity index (χ4v) is 3.40. The monoisotopic (exact) mass is 432 g/mol. The van der Waals surface area contributed by atoms with E-state index in [1.165, 1.54) is 10.7 Å². The van der Waals surface area contributed by atoms with Crippen LogP contribution in [0.5, 0.6) is 0 Å². The van der Waals surface area contributed by atoms with Gasteiger partial charge in [0, 0.05) is 40.8 Å². The maximum Gasteiger partial charge on any atom is 0.325 e. The van der Waals surface area contributed by atoms with Crippen molar-refractivity contribution >= 4 is 17.0 Å². The molecular formula is C22H14F2N6O2. The number of halogens is 2. The van der Waals surface area contributed by atoms with Gasteiger partial charge in [-0.1, -0.05) is 0 Å². The van der Waals surface area contributed by atoms with Crippen LogP contribution in [0, 0.1) is 11.6 Å². The Hall–Kier alpha value is -4.47. The lowest BCUT2D eigenvalue weighted by atomic mass is 10.0. The molecule has 0 saturated heterocycles. The molecule has 0 fully saturated rings. The molecule has 0 amide bonds. The smallest absolute Gasteiger partial charge is 0.325 e. The molecule has 5 aromatic rings. The number of H-pyrrole nitrogens is 1. The molecule has 0 bridgehead atoms. The molecule has 10 heteroatoms. The van der Waals surface area contributed by atoms with Crippen molar-refractivity contribution in [1.29, 1.82) is 0 Å². The van der Waals surface area contributed by atoms with Gasteiger partial charge >= 0.3 is 5.97 Å². The fourth-order valence-electron chi connectivity index (χ4n) is 3.40. The molecular weight excluding hydrogens is 418 g/mol. The maximum absolute atomic E-state index is 13.7. The number of hydrogen-bond acceptors (Lipinski definition) is 5. The molecule has 0 aliphatic rings. The molecule has 0 spiro atoms. The maximum atomic E-state index is 13.7. The Bertz CT molecular complexity index is 1480. The van der Waals surface area contributed by atoms with Crippen molar-refractivity contribution in [1.82, 2.24) is 29.9 Å². The number of carboxylic acid groups (broad SMARTS) is 1. The summed E-state index contributed by atoms with van der Waals surface area (Å²) in [5.41, 5.74) is 4.75. The lowest BCUT2D eigenvalue weighted by molar-refractivity contribution is -0.137. The number of nitrogens with zero attached hydrogens (tertiary/aromatic N) is 5. The van der Waals surface area contributed by atoms with Crippen LogP contribution < -0.4 is 0 Å². The van der Waals surface area contributed by atoms with Gasteiger partial charge < -0.3 is 5.11 Å².